The topological polar surface area (TPSA) is 35.5 Å². The van der Waals surface area contributed by atoms with Gasteiger partial charge in [0.25, 0.3) is 0 Å². The fraction of sp³-hybridized carbons (Fsp3) is 0.667. The molecule has 0 aromatic heterocycles. The summed E-state index contributed by atoms with van der Waals surface area (Å²) in [4.78, 5) is 12.1. The maximum atomic E-state index is 12.1. The molecule has 25 heavy (non-hydrogen) atoms. The van der Waals surface area contributed by atoms with Gasteiger partial charge in [-0.2, -0.15) is 0 Å². The maximum absolute atomic E-state index is 12.1. The summed E-state index contributed by atoms with van der Waals surface area (Å²) < 4.78 is 12.9. The summed E-state index contributed by atoms with van der Waals surface area (Å²) in [6.07, 6.45) is 4.49. The highest BCUT2D eigenvalue weighted by Crippen LogP contribution is 2.56. The van der Waals surface area contributed by atoms with Crippen LogP contribution in [0.15, 0.2) is 30.3 Å². The van der Waals surface area contributed by atoms with E-state index in [1.165, 1.54) is 5.56 Å². The summed E-state index contributed by atoms with van der Waals surface area (Å²) >= 11 is 0. The lowest BCUT2D eigenvalue weighted by atomic mass is 9.46. The number of unbranched alkanes of at least 4 members (excludes halogenated alkanes) is 1. The van der Waals surface area contributed by atoms with Crippen LogP contribution in [0.1, 0.15) is 72.3 Å². The molecule has 1 saturated carbocycles. The van der Waals surface area contributed by atoms with Crippen LogP contribution in [0.2, 0.25) is 5.82 Å². The highest BCUT2D eigenvalue weighted by molar-refractivity contribution is 6.48. The quantitative estimate of drug-likeness (QED) is 0.687. The lowest BCUT2D eigenvalue weighted by Crippen LogP contribution is -2.50. The summed E-state index contributed by atoms with van der Waals surface area (Å²) in [6, 6.07) is 10.5. The molecule has 1 unspecified atom stereocenters. The Bertz CT molecular complexity index is 599. The Morgan fingerprint density at radius 3 is 2.08 bits per heavy atom. The lowest BCUT2D eigenvalue weighted by Gasteiger charge is -2.48. The van der Waals surface area contributed by atoms with Gasteiger partial charge in [-0.25, -0.2) is 0 Å². The number of benzene rings is 1. The molecule has 0 radical (unpaired) electrons. The zero-order chi connectivity index (χ0) is 18.3. The molecule has 2 aliphatic rings. The number of ketones is 1. The third kappa shape index (κ3) is 3.19. The molecular formula is C21H31BO3. The minimum Gasteiger partial charge on any atom is -0.403 e. The maximum Gasteiger partial charge on any atom is 0.462 e. The Hall–Kier alpha value is -1.13. The van der Waals surface area contributed by atoms with Gasteiger partial charge in [0.2, 0.25) is 0 Å². The van der Waals surface area contributed by atoms with Crippen molar-refractivity contribution >= 4 is 12.9 Å². The average Bonchev–Trinajstić information content (AvgIpc) is 2.74. The number of rotatable bonds is 6. The molecule has 1 aromatic carbocycles. The molecule has 1 saturated heterocycles. The van der Waals surface area contributed by atoms with E-state index in [1.54, 1.807) is 0 Å². The van der Waals surface area contributed by atoms with Gasteiger partial charge in [0, 0.05) is 24.1 Å². The molecule has 1 aliphatic heterocycles. The van der Waals surface area contributed by atoms with E-state index >= 15 is 0 Å². The Balaban J connectivity index is 1.96. The van der Waals surface area contributed by atoms with Gasteiger partial charge in [0.05, 0.1) is 11.2 Å². The van der Waals surface area contributed by atoms with Gasteiger partial charge in [-0.05, 0) is 33.3 Å². The molecule has 3 nitrogen and oxygen atoms in total. The Kier molecular flexibility index (Phi) is 4.89. The molecule has 136 valence electrons. The van der Waals surface area contributed by atoms with Gasteiger partial charge < -0.3 is 9.31 Å². The molecular weight excluding hydrogens is 311 g/mol. The first-order chi connectivity index (χ1) is 11.7. The minimum absolute atomic E-state index is 0.144. The van der Waals surface area contributed by atoms with Crippen LogP contribution >= 0.6 is 0 Å². The normalized spacial score (nSPS) is 24.8. The van der Waals surface area contributed by atoms with E-state index in [4.69, 9.17) is 9.31 Å². The molecule has 1 atom stereocenters. The van der Waals surface area contributed by atoms with Gasteiger partial charge in [-0.3, -0.25) is 4.79 Å². The predicted molar refractivity (Wildman–Crippen MR) is 102 cm³/mol. The van der Waals surface area contributed by atoms with Crippen molar-refractivity contribution in [1.29, 1.82) is 0 Å². The van der Waals surface area contributed by atoms with E-state index in [1.807, 2.05) is 6.07 Å². The van der Waals surface area contributed by atoms with E-state index < -0.39 is 0 Å². The largest absolute Gasteiger partial charge is 0.462 e. The van der Waals surface area contributed by atoms with E-state index in [0.717, 1.165) is 19.3 Å². The first kappa shape index (κ1) is 18.7. The highest BCUT2D eigenvalue weighted by Gasteiger charge is 2.61. The number of carbonyl (C=O) groups is 1. The van der Waals surface area contributed by atoms with Crippen LogP contribution in [0.5, 0.6) is 0 Å². The van der Waals surface area contributed by atoms with Crippen LogP contribution in [-0.2, 0) is 19.5 Å². The molecule has 1 heterocycles. The second kappa shape index (κ2) is 6.55. The zero-order valence-corrected chi connectivity index (χ0v) is 16.3. The molecule has 0 N–H and O–H groups in total. The summed E-state index contributed by atoms with van der Waals surface area (Å²) in [5, 5.41) is 0. The Labute approximate surface area is 152 Å². The minimum atomic E-state index is -0.340. The third-order valence-corrected chi connectivity index (χ3v) is 6.55. The van der Waals surface area contributed by atoms with Crippen molar-refractivity contribution < 1.29 is 14.1 Å². The standard InChI is InChI=1S/C21H31BO3/c1-6-7-13-18(22-24-19(2,3)20(4,5)25-22)21(14-17(23)15-21)16-11-9-8-10-12-16/h8-12,18H,6-7,13-15H2,1-5H3. The van der Waals surface area contributed by atoms with Crippen LogP contribution in [0.25, 0.3) is 0 Å². The van der Waals surface area contributed by atoms with Gasteiger partial charge in [0.15, 0.2) is 0 Å². The van der Waals surface area contributed by atoms with E-state index in [2.05, 4.69) is 58.9 Å². The second-order valence-electron chi connectivity index (χ2n) is 8.79. The van der Waals surface area contributed by atoms with Gasteiger partial charge in [-0.15, -0.1) is 0 Å². The van der Waals surface area contributed by atoms with E-state index in [-0.39, 0.29) is 29.6 Å². The highest BCUT2D eigenvalue weighted by atomic mass is 16.7. The van der Waals surface area contributed by atoms with Crippen molar-refractivity contribution in [2.45, 2.75) is 89.2 Å². The summed E-state index contributed by atoms with van der Waals surface area (Å²) in [5.41, 5.74) is 0.432. The van der Waals surface area contributed by atoms with Crippen molar-refractivity contribution in [1.82, 2.24) is 0 Å². The number of carbonyl (C=O) groups excluding carboxylic acids is 1. The first-order valence-electron chi connectivity index (χ1n) is 9.65. The third-order valence-electron chi connectivity index (χ3n) is 6.55. The molecule has 0 spiro atoms. The summed E-state index contributed by atoms with van der Waals surface area (Å²) in [5.74, 6) is 0.551. The van der Waals surface area contributed by atoms with Gasteiger partial charge >= 0.3 is 7.12 Å². The summed E-state index contributed by atoms with van der Waals surface area (Å²) in [6.45, 7) is 10.6. The van der Waals surface area contributed by atoms with Crippen molar-refractivity contribution in [2.24, 2.45) is 0 Å². The van der Waals surface area contributed by atoms with Crippen LogP contribution in [-0.4, -0.2) is 24.1 Å². The number of hydrogen-bond donors (Lipinski definition) is 0. The van der Waals surface area contributed by atoms with Crippen LogP contribution in [0.4, 0.5) is 0 Å². The van der Waals surface area contributed by atoms with Crippen molar-refractivity contribution in [3.63, 3.8) is 0 Å². The van der Waals surface area contributed by atoms with Crippen molar-refractivity contribution in [2.75, 3.05) is 0 Å². The fourth-order valence-corrected chi connectivity index (χ4v) is 4.25. The zero-order valence-electron chi connectivity index (χ0n) is 16.3. The predicted octanol–water partition coefficient (Wildman–Crippen LogP) is 4.94. The molecule has 1 aliphatic carbocycles. The SMILES string of the molecule is CCCCC(B1OC(C)(C)C(C)(C)O1)C1(c2ccccc2)CC(=O)C1. The summed E-state index contributed by atoms with van der Waals surface area (Å²) in [7, 11) is -0.259. The Morgan fingerprint density at radius 1 is 1.04 bits per heavy atom. The fourth-order valence-electron chi connectivity index (χ4n) is 4.25. The van der Waals surface area contributed by atoms with Crippen LogP contribution in [0, 0.1) is 0 Å². The van der Waals surface area contributed by atoms with Crippen molar-refractivity contribution in [3.05, 3.63) is 35.9 Å². The first-order valence-corrected chi connectivity index (χ1v) is 9.65. The van der Waals surface area contributed by atoms with Crippen LogP contribution < -0.4 is 0 Å². The smallest absolute Gasteiger partial charge is 0.403 e. The monoisotopic (exact) mass is 342 g/mol. The van der Waals surface area contributed by atoms with E-state index in [0.29, 0.717) is 18.6 Å². The van der Waals surface area contributed by atoms with Crippen molar-refractivity contribution in [3.8, 4) is 0 Å². The number of hydrogen-bond acceptors (Lipinski definition) is 3. The molecule has 4 heteroatoms. The number of Topliss-reactive ketones (excluding diaryl/α,β-unsaturated/α-hetero) is 1. The molecule has 1 aromatic rings. The molecule has 3 rings (SSSR count). The Morgan fingerprint density at radius 2 is 1.60 bits per heavy atom. The lowest BCUT2D eigenvalue weighted by molar-refractivity contribution is -0.129. The van der Waals surface area contributed by atoms with E-state index in [9.17, 15) is 4.79 Å². The van der Waals surface area contributed by atoms with Gasteiger partial charge in [-0.1, -0.05) is 56.5 Å². The molecule has 0 amide bonds. The van der Waals surface area contributed by atoms with Gasteiger partial charge in [0.1, 0.15) is 5.78 Å². The molecule has 0 bridgehead atoms. The average molecular weight is 342 g/mol. The van der Waals surface area contributed by atoms with Crippen LogP contribution in [0.3, 0.4) is 0 Å². The second-order valence-corrected chi connectivity index (χ2v) is 8.79. The molecule has 2 fully saturated rings.